The van der Waals surface area contributed by atoms with Crippen molar-refractivity contribution in [1.29, 1.82) is 0 Å². The number of rotatable bonds is 4. The highest BCUT2D eigenvalue weighted by Gasteiger charge is 2.24. The Hall–Kier alpha value is -1.81. The number of nitrogens with zero attached hydrogens (tertiary/aromatic N) is 2. The average molecular weight is 269 g/mol. The fraction of sp³-hybridized carbons (Fsp3) is 0.267. The Bertz CT molecular complexity index is 709. The molecule has 1 fully saturated rings. The molecule has 0 bridgehead atoms. The van der Waals surface area contributed by atoms with Crippen LogP contribution in [0.1, 0.15) is 24.6 Å². The standard InChI is InChI=1S/C15H15N3S/c1-4-15-11(5-6-19-15)7-12(1)17-9-14-8-16-10-18(14)13-2-3-13/h1,4-8,10,13,17H,2-3,9H2. The first-order valence-electron chi connectivity index (χ1n) is 6.62. The van der Waals surface area contributed by atoms with Gasteiger partial charge < -0.3 is 9.88 Å². The number of fused-ring (bicyclic) bond motifs is 1. The van der Waals surface area contributed by atoms with Gasteiger partial charge in [0.1, 0.15) is 0 Å². The van der Waals surface area contributed by atoms with Gasteiger partial charge in [0.05, 0.1) is 18.6 Å². The second-order valence-electron chi connectivity index (χ2n) is 5.05. The monoisotopic (exact) mass is 269 g/mol. The van der Waals surface area contributed by atoms with Crippen LogP contribution in [-0.4, -0.2) is 9.55 Å². The van der Waals surface area contributed by atoms with Gasteiger partial charge in [-0.05, 0) is 47.9 Å². The molecule has 0 amide bonds. The number of benzene rings is 1. The highest BCUT2D eigenvalue weighted by atomic mass is 32.1. The summed E-state index contributed by atoms with van der Waals surface area (Å²) < 4.78 is 3.64. The van der Waals surface area contributed by atoms with E-state index in [2.05, 4.69) is 44.5 Å². The second-order valence-corrected chi connectivity index (χ2v) is 6.00. The van der Waals surface area contributed by atoms with Crippen LogP contribution in [0.15, 0.2) is 42.2 Å². The predicted octanol–water partition coefficient (Wildman–Crippen LogP) is 4.04. The van der Waals surface area contributed by atoms with E-state index in [9.17, 15) is 0 Å². The summed E-state index contributed by atoms with van der Waals surface area (Å²) in [6.07, 6.45) is 6.51. The summed E-state index contributed by atoms with van der Waals surface area (Å²) in [5, 5.41) is 6.94. The summed E-state index contributed by atoms with van der Waals surface area (Å²) in [5.41, 5.74) is 2.45. The Morgan fingerprint density at radius 1 is 1.32 bits per heavy atom. The second kappa shape index (κ2) is 4.38. The van der Waals surface area contributed by atoms with Crippen molar-refractivity contribution in [3.8, 4) is 0 Å². The molecule has 1 N–H and O–H groups in total. The van der Waals surface area contributed by atoms with Crippen LogP contribution in [-0.2, 0) is 6.54 Å². The molecule has 1 aliphatic rings. The molecule has 1 saturated carbocycles. The van der Waals surface area contributed by atoms with Crippen molar-refractivity contribution in [2.75, 3.05) is 5.32 Å². The SMILES string of the molecule is c1cc2cc(NCc3cncn3C3CC3)ccc2s1. The van der Waals surface area contributed by atoms with E-state index in [1.54, 1.807) is 11.3 Å². The molecule has 0 atom stereocenters. The molecule has 3 nitrogen and oxygen atoms in total. The largest absolute Gasteiger partial charge is 0.379 e. The lowest BCUT2D eigenvalue weighted by Crippen LogP contribution is -2.05. The Kier molecular flexibility index (Phi) is 2.55. The third kappa shape index (κ3) is 2.12. The fourth-order valence-electron chi connectivity index (χ4n) is 2.42. The maximum Gasteiger partial charge on any atom is 0.0951 e. The highest BCUT2D eigenvalue weighted by Crippen LogP contribution is 2.35. The summed E-state index contributed by atoms with van der Waals surface area (Å²) in [7, 11) is 0. The molecule has 96 valence electrons. The molecule has 19 heavy (non-hydrogen) atoms. The highest BCUT2D eigenvalue weighted by molar-refractivity contribution is 7.17. The smallest absolute Gasteiger partial charge is 0.0951 e. The molecule has 4 heteroatoms. The summed E-state index contributed by atoms with van der Waals surface area (Å²) in [5.74, 6) is 0. The molecular weight excluding hydrogens is 254 g/mol. The zero-order valence-corrected chi connectivity index (χ0v) is 11.4. The molecule has 4 rings (SSSR count). The molecule has 2 aromatic heterocycles. The number of nitrogens with one attached hydrogen (secondary N) is 1. The quantitative estimate of drug-likeness (QED) is 0.774. The predicted molar refractivity (Wildman–Crippen MR) is 79.6 cm³/mol. The van der Waals surface area contributed by atoms with Gasteiger partial charge in [0.25, 0.3) is 0 Å². The van der Waals surface area contributed by atoms with Crippen LogP contribution in [0.5, 0.6) is 0 Å². The third-order valence-electron chi connectivity index (χ3n) is 3.61. The lowest BCUT2D eigenvalue weighted by Gasteiger charge is -2.09. The normalized spacial score (nSPS) is 14.9. The summed E-state index contributed by atoms with van der Waals surface area (Å²) >= 11 is 1.78. The van der Waals surface area contributed by atoms with Gasteiger partial charge in [0, 0.05) is 22.6 Å². The van der Waals surface area contributed by atoms with Crippen molar-refractivity contribution in [3.63, 3.8) is 0 Å². The van der Waals surface area contributed by atoms with Crippen LogP contribution in [0.2, 0.25) is 0 Å². The lowest BCUT2D eigenvalue weighted by molar-refractivity contribution is 0.701. The number of imidazole rings is 1. The van der Waals surface area contributed by atoms with Gasteiger partial charge in [0.15, 0.2) is 0 Å². The molecule has 1 aliphatic carbocycles. The van der Waals surface area contributed by atoms with Crippen molar-refractivity contribution in [2.45, 2.75) is 25.4 Å². The van der Waals surface area contributed by atoms with E-state index in [0.29, 0.717) is 6.04 Å². The minimum Gasteiger partial charge on any atom is -0.379 e. The number of thiophene rings is 1. The Balaban J connectivity index is 1.52. The average Bonchev–Trinajstić information content (AvgIpc) is 3.00. The minimum atomic E-state index is 0.693. The molecule has 0 aliphatic heterocycles. The van der Waals surface area contributed by atoms with E-state index in [0.717, 1.165) is 6.54 Å². The van der Waals surface area contributed by atoms with E-state index in [4.69, 9.17) is 0 Å². The van der Waals surface area contributed by atoms with Gasteiger partial charge in [-0.2, -0.15) is 0 Å². The maximum absolute atomic E-state index is 4.26. The summed E-state index contributed by atoms with van der Waals surface area (Å²) in [6, 6.07) is 9.40. The van der Waals surface area contributed by atoms with E-state index >= 15 is 0 Å². The van der Waals surface area contributed by atoms with Gasteiger partial charge in [-0.25, -0.2) is 4.98 Å². The molecule has 0 unspecified atom stereocenters. The molecule has 0 radical (unpaired) electrons. The zero-order valence-electron chi connectivity index (χ0n) is 10.5. The number of anilines is 1. The van der Waals surface area contributed by atoms with Gasteiger partial charge >= 0.3 is 0 Å². The van der Waals surface area contributed by atoms with E-state index < -0.39 is 0 Å². The van der Waals surface area contributed by atoms with Crippen molar-refractivity contribution in [3.05, 3.63) is 47.9 Å². The van der Waals surface area contributed by atoms with Crippen molar-refractivity contribution in [1.82, 2.24) is 9.55 Å². The first-order chi connectivity index (χ1) is 9.40. The Labute approximate surface area is 115 Å². The lowest BCUT2D eigenvalue weighted by atomic mass is 10.2. The molecule has 0 spiro atoms. The number of aromatic nitrogens is 2. The Morgan fingerprint density at radius 2 is 2.26 bits per heavy atom. The van der Waals surface area contributed by atoms with Crippen LogP contribution >= 0.6 is 11.3 Å². The van der Waals surface area contributed by atoms with Crippen LogP contribution in [0.4, 0.5) is 5.69 Å². The maximum atomic E-state index is 4.26. The van der Waals surface area contributed by atoms with Crippen LogP contribution in [0, 0.1) is 0 Å². The van der Waals surface area contributed by atoms with Gasteiger partial charge in [0.2, 0.25) is 0 Å². The topological polar surface area (TPSA) is 29.9 Å². The minimum absolute atomic E-state index is 0.693. The fourth-order valence-corrected chi connectivity index (χ4v) is 3.19. The molecule has 2 heterocycles. The Morgan fingerprint density at radius 3 is 3.16 bits per heavy atom. The molecule has 3 aromatic rings. The van der Waals surface area contributed by atoms with Crippen molar-refractivity contribution in [2.24, 2.45) is 0 Å². The summed E-state index contributed by atoms with van der Waals surface area (Å²) in [4.78, 5) is 4.26. The first-order valence-corrected chi connectivity index (χ1v) is 7.50. The van der Waals surface area contributed by atoms with E-state index in [-0.39, 0.29) is 0 Å². The summed E-state index contributed by atoms with van der Waals surface area (Å²) in [6.45, 7) is 0.839. The van der Waals surface area contributed by atoms with Crippen LogP contribution in [0.25, 0.3) is 10.1 Å². The van der Waals surface area contributed by atoms with Gasteiger partial charge in [-0.1, -0.05) is 0 Å². The van der Waals surface area contributed by atoms with Crippen molar-refractivity contribution < 1.29 is 0 Å². The molecule has 0 saturated heterocycles. The van der Waals surface area contributed by atoms with E-state index in [1.807, 2.05) is 12.5 Å². The van der Waals surface area contributed by atoms with Gasteiger partial charge in [-0.15, -0.1) is 11.3 Å². The van der Waals surface area contributed by atoms with Crippen molar-refractivity contribution >= 4 is 27.1 Å². The third-order valence-corrected chi connectivity index (χ3v) is 4.51. The zero-order chi connectivity index (χ0) is 12.7. The van der Waals surface area contributed by atoms with Crippen LogP contribution in [0.3, 0.4) is 0 Å². The number of hydrogen-bond acceptors (Lipinski definition) is 3. The molecule has 1 aromatic carbocycles. The first kappa shape index (κ1) is 11.1. The van der Waals surface area contributed by atoms with Crippen LogP contribution < -0.4 is 5.32 Å². The van der Waals surface area contributed by atoms with Gasteiger partial charge in [-0.3, -0.25) is 0 Å². The van der Waals surface area contributed by atoms with E-state index in [1.165, 1.54) is 34.3 Å². The molecular formula is C15H15N3S. The number of hydrogen-bond donors (Lipinski definition) is 1.